The fourth-order valence-electron chi connectivity index (χ4n) is 3.19. The van der Waals surface area contributed by atoms with Crippen LogP contribution in [0.25, 0.3) is 0 Å². The molecule has 2 N–H and O–H groups in total. The zero-order valence-electron chi connectivity index (χ0n) is 15.9. The van der Waals surface area contributed by atoms with Gasteiger partial charge in [0.05, 0.1) is 16.9 Å². The summed E-state index contributed by atoms with van der Waals surface area (Å²) in [5.74, 6) is -0.957. The van der Waals surface area contributed by atoms with Gasteiger partial charge in [-0.3, -0.25) is 9.69 Å². The van der Waals surface area contributed by atoms with Crippen LogP contribution in [-0.4, -0.2) is 33.4 Å². The predicted octanol–water partition coefficient (Wildman–Crippen LogP) is 3.04. The molecule has 0 unspecified atom stereocenters. The Bertz CT molecular complexity index is 1170. The van der Waals surface area contributed by atoms with Gasteiger partial charge < -0.3 is 15.1 Å². The molecule has 30 heavy (non-hydrogen) atoms. The summed E-state index contributed by atoms with van der Waals surface area (Å²) in [5.41, 5.74) is 1.49. The molecule has 154 valence electrons. The van der Waals surface area contributed by atoms with E-state index in [0.29, 0.717) is 18.8 Å². The quantitative estimate of drug-likeness (QED) is 0.631. The number of rotatable bonds is 6. The zero-order valence-corrected chi connectivity index (χ0v) is 16.7. The third-order valence-electron chi connectivity index (χ3n) is 4.69. The van der Waals surface area contributed by atoms with Crippen molar-refractivity contribution in [3.63, 3.8) is 0 Å². The van der Waals surface area contributed by atoms with E-state index in [-0.39, 0.29) is 28.0 Å². The predicted molar refractivity (Wildman–Crippen MR) is 111 cm³/mol. The number of carbonyl (C=O) groups excluding carboxylic acids is 2. The molecule has 1 fully saturated rings. The van der Waals surface area contributed by atoms with Gasteiger partial charge in [0.15, 0.2) is 15.6 Å². The third kappa shape index (κ3) is 4.06. The van der Waals surface area contributed by atoms with E-state index in [0.717, 1.165) is 5.69 Å². The van der Waals surface area contributed by atoms with Crippen LogP contribution < -0.4 is 15.5 Å². The molecule has 4 rings (SSSR count). The Balaban J connectivity index is 1.47. The van der Waals surface area contributed by atoms with Gasteiger partial charge >= 0.3 is 6.03 Å². The summed E-state index contributed by atoms with van der Waals surface area (Å²) in [7, 11) is -3.62. The number of hydrogen-bond acceptors (Lipinski definition) is 5. The van der Waals surface area contributed by atoms with E-state index in [2.05, 4.69) is 10.6 Å². The van der Waals surface area contributed by atoms with Gasteiger partial charge in [-0.05, 0) is 42.5 Å². The Kier molecular flexibility index (Phi) is 5.28. The molecule has 8 nitrogen and oxygen atoms in total. The molecule has 0 atom stereocenters. The lowest BCUT2D eigenvalue weighted by molar-refractivity contribution is 0.0995. The molecule has 0 aliphatic carbocycles. The Labute approximate surface area is 173 Å². The van der Waals surface area contributed by atoms with Crippen LogP contribution >= 0.6 is 0 Å². The van der Waals surface area contributed by atoms with E-state index in [1.807, 2.05) is 0 Å². The lowest BCUT2D eigenvalue weighted by Crippen LogP contribution is -2.27. The first-order chi connectivity index (χ1) is 14.4. The maximum absolute atomic E-state index is 12.6. The van der Waals surface area contributed by atoms with Gasteiger partial charge in [-0.2, -0.15) is 0 Å². The normalized spacial score (nSPS) is 13.9. The average molecular weight is 425 g/mol. The van der Waals surface area contributed by atoms with Gasteiger partial charge in [-0.1, -0.05) is 18.2 Å². The Morgan fingerprint density at radius 2 is 1.80 bits per heavy atom. The molecule has 9 heteroatoms. The van der Waals surface area contributed by atoms with E-state index < -0.39 is 15.7 Å². The number of nitrogens with zero attached hydrogens (tertiary/aromatic N) is 1. The highest BCUT2D eigenvalue weighted by atomic mass is 32.2. The van der Waals surface area contributed by atoms with Crippen molar-refractivity contribution in [2.24, 2.45) is 0 Å². The fourth-order valence-corrected chi connectivity index (χ4v) is 4.57. The summed E-state index contributed by atoms with van der Waals surface area (Å²) in [6.45, 7) is 1.17. The van der Waals surface area contributed by atoms with Crippen LogP contribution in [0.1, 0.15) is 16.1 Å². The van der Waals surface area contributed by atoms with E-state index >= 15 is 0 Å². The van der Waals surface area contributed by atoms with Crippen molar-refractivity contribution in [1.29, 1.82) is 0 Å². The van der Waals surface area contributed by atoms with Crippen LogP contribution in [-0.2, 0) is 15.6 Å². The molecule has 1 aliphatic heterocycles. The number of hydrogen-bond donors (Lipinski definition) is 2. The first-order valence-electron chi connectivity index (χ1n) is 9.25. The van der Waals surface area contributed by atoms with E-state index in [1.165, 1.54) is 24.5 Å². The number of sulfone groups is 1. The first kappa shape index (κ1) is 19.7. The molecule has 3 amide bonds. The lowest BCUT2D eigenvalue weighted by atomic mass is 10.2. The van der Waals surface area contributed by atoms with Crippen LogP contribution in [0.4, 0.5) is 16.2 Å². The molecule has 1 saturated heterocycles. The standard InChI is InChI=1S/C21H19N3O5S/c25-20(23-16-6-8-17(9-7-16)24-12-11-22-21(24)26)19-15(10-13-29-19)14-30(27,28)18-4-2-1-3-5-18/h1-10,13H,11-12,14H2,(H,22,26)(H,23,25). The van der Waals surface area contributed by atoms with E-state index in [1.54, 1.807) is 47.4 Å². The van der Waals surface area contributed by atoms with Crippen molar-refractivity contribution in [2.45, 2.75) is 10.6 Å². The molecule has 1 aliphatic rings. The molecule has 0 bridgehead atoms. The zero-order chi connectivity index (χ0) is 21.1. The number of amides is 3. The van der Waals surface area contributed by atoms with Crippen LogP contribution in [0.5, 0.6) is 0 Å². The number of nitrogens with one attached hydrogen (secondary N) is 2. The number of anilines is 2. The topological polar surface area (TPSA) is 109 Å². The van der Waals surface area contributed by atoms with Crippen molar-refractivity contribution in [1.82, 2.24) is 5.32 Å². The van der Waals surface area contributed by atoms with Crippen molar-refractivity contribution >= 4 is 33.2 Å². The van der Waals surface area contributed by atoms with Gasteiger partial charge in [0.2, 0.25) is 0 Å². The van der Waals surface area contributed by atoms with E-state index in [4.69, 9.17) is 4.42 Å². The highest BCUT2D eigenvalue weighted by Crippen LogP contribution is 2.23. The van der Waals surface area contributed by atoms with Gasteiger partial charge in [-0.15, -0.1) is 0 Å². The van der Waals surface area contributed by atoms with Gasteiger partial charge in [0.25, 0.3) is 5.91 Å². The van der Waals surface area contributed by atoms with Crippen LogP contribution in [0.3, 0.4) is 0 Å². The Hall–Kier alpha value is -3.59. The van der Waals surface area contributed by atoms with Crippen molar-refractivity contribution in [2.75, 3.05) is 23.3 Å². The largest absolute Gasteiger partial charge is 0.459 e. The molecule has 0 saturated carbocycles. The summed E-state index contributed by atoms with van der Waals surface area (Å²) in [6, 6.07) is 16.1. The second kappa shape index (κ2) is 8.03. The third-order valence-corrected chi connectivity index (χ3v) is 6.38. The monoisotopic (exact) mass is 425 g/mol. The Morgan fingerprint density at radius 3 is 2.47 bits per heavy atom. The van der Waals surface area contributed by atoms with Crippen LogP contribution in [0.2, 0.25) is 0 Å². The minimum Gasteiger partial charge on any atom is -0.459 e. The lowest BCUT2D eigenvalue weighted by Gasteiger charge is -2.14. The number of carbonyl (C=O) groups is 2. The molecule has 0 spiro atoms. The molecule has 3 aromatic rings. The molecule has 1 aromatic heterocycles. The van der Waals surface area contributed by atoms with Gasteiger partial charge in [0.1, 0.15) is 0 Å². The van der Waals surface area contributed by atoms with Crippen molar-refractivity contribution in [3.8, 4) is 0 Å². The first-order valence-corrected chi connectivity index (χ1v) is 10.9. The Morgan fingerprint density at radius 1 is 1.07 bits per heavy atom. The van der Waals surface area contributed by atoms with Crippen LogP contribution in [0.15, 0.2) is 76.2 Å². The number of furan rings is 1. The molecular formula is C21H19N3O5S. The van der Waals surface area contributed by atoms with E-state index in [9.17, 15) is 18.0 Å². The second-order valence-corrected chi connectivity index (χ2v) is 8.72. The number of benzene rings is 2. The maximum atomic E-state index is 12.6. The van der Waals surface area contributed by atoms with Crippen LogP contribution in [0, 0.1) is 0 Å². The summed E-state index contributed by atoms with van der Waals surface area (Å²) >= 11 is 0. The molecule has 0 radical (unpaired) electrons. The average Bonchev–Trinajstić information content (AvgIpc) is 3.38. The minimum atomic E-state index is -3.62. The second-order valence-electron chi connectivity index (χ2n) is 6.73. The number of urea groups is 1. The highest BCUT2D eigenvalue weighted by Gasteiger charge is 2.23. The fraction of sp³-hybridized carbons (Fsp3) is 0.143. The van der Waals surface area contributed by atoms with Gasteiger partial charge in [-0.25, -0.2) is 13.2 Å². The summed E-state index contributed by atoms with van der Waals surface area (Å²) in [4.78, 5) is 26.1. The molecule has 2 aromatic carbocycles. The molecular weight excluding hydrogens is 406 g/mol. The molecule has 2 heterocycles. The highest BCUT2D eigenvalue weighted by molar-refractivity contribution is 7.90. The maximum Gasteiger partial charge on any atom is 0.321 e. The minimum absolute atomic E-state index is 0.0579. The smallest absolute Gasteiger partial charge is 0.321 e. The summed E-state index contributed by atoms with van der Waals surface area (Å²) in [6.07, 6.45) is 1.29. The van der Waals surface area contributed by atoms with Crippen molar-refractivity contribution < 1.29 is 22.4 Å². The van der Waals surface area contributed by atoms with Crippen molar-refractivity contribution in [3.05, 3.63) is 78.3 Å². The summed E-state index contributed by atoms with van der Waals surface area (Å²) in [5, 5.41) is 5.42. The van der Waals surface area contributed by atoms with Gasteiger partial charge in [0, 0.05) is 30.0 Å². The summed E-state index contributed by atoms with van der Waals surface area (Å²) < 4.78 is 30.5. The SMILES string of the molecule is O=C(Nc1ccc(N2CCNC2=O)cc1)c1occc1CS(=O)(=O)c1ccccc1.